The number of aromatic nitrogens is 1. The second kappa shape index (κ2) is 10.9. The van der Waals surface area contributed by atoms with Crippen molar-refractivity contribution in [1.29, 1.82) is 0 Å². The van der Waals surface area contributed by atoms with Crippen LogP contribution in [0.3, 0.4) is 0 Å². The Morgan fingerprint density at radius 1 is 1.38 bits per heavy atom. The Kier molecular flexibility index (Phi) is 8.26. The number of hydrogen-bond donors (Lipinski definition) is 2. The van der Waals surface area contributed by atoms with E-state index in [1.165, 1.54) is 24.3 Å². The van der Waals surface area contributed by atoms with E-state index in [1.54, 1.807) is 0 Å². The molecule has 1 fully saturated rings. The summed E-state index contributed by atoms with van der Waals surface area (Å²) in [6.45, 7) is 1.70. The maximum absolute atomic E-state index is 13.2. The van der Waals surface area contributed by atoms with Crippen molar-refractivity contribution in [1.82, 2.24) is 14.6 Å². The van der Waals surface area contributed by atoms with Gasteiger partial charge in [0.2, 0.25) is 10.0 Å². The van der Waals surface area contributed by atoms with E-state index in [-0.39, 0.29) is 28.4 Å². The molecule has 0 spiro atoms. The Labute approximate surface area is 189 Å². The van der Waals surface area contributed by atoms with Crippen LogP contribution in [0.15, 0.2) is 40.5 Å². The maximum Gasteiger partial charge on any atom is 0.280 e. The third-order valence-corrected chi connectivity index (χ3v) is 6.56. The molecular formula is C19H24FN5O5S2. The summed E-state index contributed by atoms with van der Waals surface area (Å²) in [6, 6.07) is 5.65. The molecule has 1 amide bonds. The molecule has 1 saturated heterocycles. The molecule has 0 aliphatic carbocycles. The molecule has 2 aromatic rings. The minimum atomic E-state index is -3.70. The number of nitrogens with one attached hydrogen (secondary N) is 2. The topological polar surface area (TPSA) is 122 Å². The van der Waals surface area contributed by atoms with Gasteiger partial charge in [0.1, 0.15) is 0 Å². The Bertz CT molecular complexity index is 1050. The standard InChI is InChI=1S/C19H24FN5O5S2/c1-25(2)9-8-22-32(27,28)15-5-3-13(4-6-15)17(24-30-14-7-10-29-12-14)18(26)23-19-21-11-16(20)31-19/h3-6,11,14,22H,7-10,12H2,1-2H3,(H,21,23,26)/b24-17+/t14-/m1/s1. The SMILES string of the molecule is CN(C)CCNS(=O)(=O)c1ccc(/C(=N\O[C@@H]2CCOC2)C(=O)Nc2ncc(F)s2)cc1. The quantitative estimate of drug-likeness (QED) is 0.384. The minimum Gasteiger partial charge on any atom is -0.389 e. The van der Waals surface area contributed by atoms with E-state index >= 15 is 0 Å². The molecule has 1 aliphatic heterocycles. The lowest BCUT2D eigenvalue weighted by molar-refractivity contribution is -0.110. The van der Waals surface area contributed by atoms with Crippen LogP contribution in [0.1, 0.15) is 12.0 Å². The number of halogens is 1. The van der Waals surface area contributed by atoms with E-state index < -0.39 is 21.1 Å². The Morgan fingerprint density at radius 2 is 2.12 bits per heavy atom. The Hall–Kier alpha value is -2.45. The van der Waals surface area contributed by atoms with Crippen molar-refractivity contribution in [3.63, 3.8) is 0 Å². The number of rotatable bonds is 10. The second-order valence-corrected chi connectivity index (χ2v) is 9.93. The smallest absolute Gasteiger partial charge is 0.280 e. The van der Waals surface area contributed by atoms with Crippen LogP contribution in [0.4, 0.5) is 9.52 Å². The highest BCUT2D eigenvalue weighted by molar-refractivity contribution is 7.89. The summed E-state index contributed by atoms with van der Waals surface area (Å²) in [7, 11) is -0.0204. The molecule has 13 heteroatoms. The predicted octanol–water partition coefficient (Wildman–Crippen LogP) is 1.27. The summed E-state index contributed by atoms with van der Waals surface area (Å²) >= 11 is 0.671. The molecule has 0 bridgehead atoms. The zero-order valence-corrected chi connectivity index (χ0v) is 19.2. The van der Waals surface area contributed by atoms with Gasteiger partial charge < -0.3 is 14.5 Å². The van der Waals surface area contributed by atoms with Gasteiger partial charge >= 0.3 is 0 Å². The lowest BCUT2D eigenvalue weighted by Crippen LogP contribution is -2.31. The second-order valence-electron chi connectivity index (χ2n) is 7.18. The maximum atomic E-state index is 13.2. The van der Waals surface area contributed by atoms with Crippen LogP contribution in [0.25, 0.3) is 0 Å². The van der Waals surface area contributed by atoms with E-state index in [0.29, 0.717) is 43.1 Å². The fraction of sp³-hybridized carbons (Fsp3) is 0.421. The normalized spacial score (nSPS) is 17.0. The molecule has 3 rings (SSSR count). The largest absolute Gasteiger partial charge is 0.389 e. The van der Waals surface area contributed by atoms with Crippen LogP contribution in [0, 0.1) is 5.13 Å². The average molecular weight is 486 g/mol. The van der Waals surface area contributed by atoms with Crippen molar-refractivity contribution in [2.75, 3.05) is 45.7 Å². The van der Waals surface area contributed by atoms with Gasteiger partial charge in [0, 0.05) is 25.1 Å². The number of carbonyl (C=O) groups is 1. The van der Waals surface area contributed by atoms with E-state index in [9.17, 15) is 17.6 Å². The number of nitrogens with zero attached hydrogens (tertiary/aromatic N) is 3. The fourth-order valence-corrected chi connectivity index (χ4v) is 4.26. The van der Waals surface area contributed by atoms with Crippen LogP contribution in [0.2, 0.25) is 0 Å². The van der Waals surface area contributed by atoms with Crippen LogP contribution in [-0.2, 0) is 24.4 Å². The molecule has 174 valence electrons. The highest BCUT2D eigenvalue weighted by atomic mass is 32.2. The van der Waals surface area contributed by atoms with Crippen molar-refractivity contribution >= 4 is 38.1 Å². The summed E-state index contributed by atoms with van der Waals surface area (Å²) < 4.78 is 45.9. The van der Waals surface area contributed by atoms with Gasteiger partial charge in [0.05, 0.1) is 24.3 Å². The molecule has 1 aliphatic rings. The molecule has 1 aromatic heterocycles. The zero-order chi connectivity index (χ0) is 23.1. The number of carbonyl (C=O) groups excluding carboxylic acids is 1. The first-order chi connectivity index (χ1) is 15.2. The first kappa shape index (κ1) is 24.2. The summed E-state index contributed by atoms with van der Waals surface area (Å²) in [5.74, 6) is -0.669. The zero-order valence-electron chi connectivity index (χ0n) is 17.6. The number of likely N-dealkylation sites (N-methyl/N-ethyl adjacent to an activating group) is 1. The molecule has 0 unspecified atom stereocenters. The lowest BCUT2D eigenvalue weighted by Gasteiger charge is -2.12. The van der Waals surface area contributed by atoms with Crippen molar-refractivity contribution in [2.24, 2.45) is 5.16 Å². The number of benzene rings is 1. The third-order valence-electron chi connectivity index (χ3n) is 4.38. The van der Waals surface area contributed by atoms with Crippen molar-refractivity contribution < 1.29 is 27.2 Å². The van der Waals surface area contributed by atoms with Gasteiger partial charge in [-0.3, -0.25) is 10.1 Å². The first-order valence-electron chi connectivity index (χ1n) is 9.73. The van der Waals surface area contributed by atoms with Gasteiger partial charge in [-0.05, 0) is 26.2 Å². The van der Waals surface area contributed by atoms with Crippen LogP contribution < -0.4 is 10.0 Å². The average Bonchev–Trinajstić information content (AvgIpc) is 3.40. The third kappa shape index (κ3) is 6.77. The van der Waals surface area contributed by atoms with Crippen molar-refractivity contribution in [3.05, 3.63) is 41.2 Å². The Balaban J connectivity index is 1.78. The predicted molar refractivity (Wildman–Crippen MR) is 118 cm³/mol. The molecule has 0 radical (unpaired) electrons. The van der Waals surface area contributed by atoms with Gasteiger partial charge in [-0.25, -0.2) is 18.1 Å². The van der Waals surface area contributed by atoms with Gasteiger partial charge in [-0.15, -0.1) is 0 Å². The number of hydrogen-bond acceptors (Lipinski definition) is 9. The number of anilines is 1. The first-order valence-corrected chi connectivity index (χ1v) is 12.0. The summed E-state index contributed by atoms with van der Waals surface area (Å²) in [6.07, 6.45) is 1.33. The van der Waals surface area contributed by atoms with Crippen molar-refractivity contribution in [2.45, 2.75) is 17.4 Å². The molecule has 2 heterocycles. The van der Waals surface area contributed by atoms with E-state index in [2.05, 4.69) is 20.2 Å². The molecule has 32 heavy (non-hydrogen) atoms. The van der Waals surface area contributed by atoms with Gasteiger partial charge in [-0.1, -0.05) is 28.6 Å². The number of thiazole rings is 1. The minimum absolute atomic E-state index is 0.0480. The van der Waals surface area contributed by atoms with Gasteiger partial charge in [0.25, 0.3) is 5.91 Å². The monoisotopic (exact) mass is 485 g/mol. The van der Waals surface area contributed by atoms with Crippen LogP contribution in [-0.4, -0.2) is 76.4 Å². The van der Waals surface area contributed by atoms with E-state index in [0.717, 1.165) is 6.20 Å². The van der Waals surface area contributed by atoms with E-state index in [4.69, 9.17) is 9.57 Å². The summed E-state index contributed by atoms with van der Waals surface area (Å²) in [5.41, 5.74) is 0.225. The van der Waals surface area contributed by atoms with E-state index in [1.807, 2.05) is 19.0 Å². The number of sulfonamides is 1. The molecular weight excluding hydrogens is 461 g/mol. The van der Waals surface area contributed by atoms with Crippen LogP contribution in [0.5, 0.6) is 0 Å². The molecule has 2 N–H and O–H groups in total. The van der Waals surface area contributed by atoms with Crippen LogP contribution >= 0.6 is 11.3 Å². The molecule has 1 atom stereocenters. The fourth-order valence-electron chi connectivity index (χ4n) is 2.70. The van der Waals surface area contributed by atoms with Crippen molar-refractivity contribution in [3.8, 4) is 0 Å². The number of amides is 1. The molecule has 10 nitrogen and oxygen atoms in total. The lowest BCUT2D eigenvalue weighted by atomic mass is 10.1. The highest BCUT2D eigenvalue weighted by Gasteiger charge is 2.22. The summed E-state index contributed by atoms with van der Waals surface area (Å²) in [5, 5.41) is 5.96. The van der Waals surface area contributed by atoms with Gasteiger partial charge in [0.15, 0.2) is 22.1 Å². The number of ether oxygens (including phenoxy) is 1. The number of oxime groups is 1. The molecule has 0 saturated carbocycles. The highest BCUT2D eigenvalue weighted by Crippen LogP contribution is 2.18. The Morgan fingerprint density at radius 3 is 2.72 bits per heavy atom. The molecule has 1 aromatic carbocycles. The van der Waals surface area contributed by atoms with Gasteiger partial charge in [-0.2, -0.15) is 4.39 Å². The summed E-state index contributed by atoms with van der Waals surface area (Å²) in [4.78, 5) is 23.9.